The minimum Gasteiger partial charge on any atom is -0.453 e. The van der Waals surface area contributed by atoms with E-state index in [0.29, 0.717) is 6.04 Å². The summed E-state index contributed by atoms with van der Waals surface area (Å²) in [7, 11) is 1.94. The molecule has 2 aromatic heterocycles. The summed E-state index contributed by atoms with van der Waals surface area (Å²) < 4.78 is 8.39. The predicted octanol–water partition coefficient (Wildman–Crippen LogP) is 3.71. The summed E-state index contributed by atoms with van der Waals surface area (Å²) in [5, 5.41) is 7.89. The topological polar surface area (TPSA) is 43.0 Å². The summed E-state index contributed by atoms with van der Waals surface area (Å²) in [6.07, 6.45) is 3.95. The molecule has 5 heteroatoms. The van der Waals surface area contributed by atoms with Gasteiger partial charge in [0.2, 0.25) is 0 Å². The molecule has 2 unspecified atom stereocenters. The van der Waals surface area contributed by atoms with Gasteiger partial charge >= 0.3 is 0 Å². The van der Waals surface area contributed by atoms with Crippen LogP contribution in [0.5, 0.6) is 0 Å². The number of hydrogen-bond donors (Lipinski definition) is 1. The Balaban J connectivity index is 2.08. The third-order valence-corrected chi connectivity index (χ3v) is 3.83. The number of hydrogen-bond acceptors (Lipinski definition) is 3. The van der Waals surface area contributed by atoms with Gasteiger partial charge in [-0.25, -0.2) is 0 Å². The zero-order valence-corrected chi connectivity index (χ0v) is 13.1. The van der Waals surface area contributed by atoms with E-state index >= 15 is 0 Å². The molecule has 0 aliphatic carbocycles. The Bertz CT molecular complexity index is 520. The maximum absolute atomic E-state index is 5.60. The molecule has 0 aliphatic rings. The van der Waals surface area contributed by atoms with Crippen LogP contribution in [-0.4, -0.2) is 16.8 Å². The van der Waals surface area contributed by atoms with E-state index < -0.39 is 0 Å². The summed E-state index contributed by atoms with van der Waals surface area (Å²) in [6, 6.07) is 6.56. The van der Waals surface area contributed by atoms with Gasteiger partial charge in [-0.2, -0.15) is 5.10 Å². The predicted molar refractivity (Wildman–Crippen MR) is 79.1 cm³/mol. The minimum absolute atomic E-state index is 0.145. The average molecular weight is 326 g/mol. The lowest BCUT2D eigenvalue weighted by molar-refractivity contribution is 0.411. The lowest BCUT2D eigenvalue weighted by Crippen LogP contribution is -2.18. The number of likely N-dealkylation sites (N-methyl/N-ethyl adjacent to an activating group) is 1. The van der Waals surface area contributed by atoms with Gasteiger partial charge in [-0.15, -0.1) is 0 Å². The van der Waals surface area contributed by atoms with E-state index in [1.807, 2.05) is 30.1 Å². The fourth-order valence-electron chi connectivity index (χ4n) is 1.99. The molecule has 2 atom stereocenters. The molecule has 0 saturated heterocycles. The van der Waals surface area contributed by atoms with E-state index in [1.165, 1.54) is 0 Å². The third-order valence-electron chi connectivity index (χ3n) is 3.41. The summed E-state index contributed by atoms with van der Waals surface area (Å²) in [4.78, 5) is 0. The zero-order valence-electron chi connectivity index (χ0n) is 11.6. The van der Waals surface area contributed by atoms with E-state index in [0.717, 1.165) is 29.0 Å². The van der Waals surface area contributed by atoms with Gasteiger partial charge in [0.05, 0.1) is 11.7 Å². The van der Waals surface area contributed by atoms with E-state index in [9.17, 15) is 0 Å². The largest absolute Gasteiger partial charge is 0.453 e. The van der Waals surface area contributed by atoms with Crippen LogP contribution < -0.4 is 5.32 Å². The lowest BCUT2D eigenvalue weighted by Gasteiger charge is -2.12. The Hall–Kier alpha value is -1.07. The van der Waals surface area contributed by atoms with Crippen LogP contribution >= 0.6 is 15.9 Å². The zero-order chi connectivity index (χ0) is 13.8. The Morgan fingerprint density at radius 3 is 2.79 bits per heavy atom. The molecule has 0 amide bonds. The molecule has 0 spiro atoms. The van der Waals surface area contributed by atoms with Crippen molar-refractivity contribution >= 4 is 15.9 Å². The number of aromatic nitrogens is 2. The molecular formula is C14H20BrN3O. The van der Waals surface area contributed by atoms with Crippen LogP contribution in [0.15, 0.2) is 33.5 Å². The van der Waals surface area contributed by atoms with Crippen molar-refractivity contribution in [2.45, 2.75) is 38.8 Å². The van der Waals surface area contributed by atoms with Gasteiger partial charge in [-0.1, -0.05) is 6.92 Å². The van der Waals surface area contributed by atoms with Crippen LogP contribution in [0.25, 0.3) is 0 Å². The monoisotopic (exact) mass is 325 g/mol. The second kappa shape index (κ2) is 6.39. The van der Waals surface area contributed by atoms with Crippen molar-refractivity contribution in [1.29, 1.82) is 0 Å². The molecule has 0 fully saturated rings. The Morgan fingerprint density at radius 2 is 2.21 bits per heavy atom. The second-order valence-electron chi connectivity index (χ2n) is 4.73. The summed E-state index contributed by atoms with van der Waals surface area (Å²) in [5.74, 6) is 0.924. The van der Waals surface area contributed by atoms with E-state index in [1.54, 1.807) is 0 Å². The molecule has 0 bridgehead atoms. The molecule has 2 heterocycles. The Kier molecular flexibility index (Phi) is 4.82. The van der Waals surface area contributed by atoms with Crippen LogP contribution in [0.3, 0.4) is 0 Å². The van der Waals surface area contributed by atoms with Crippen LogP contribution in [0.4, 0.5) is 0 Å². The summed E-state index contributed by atoms with van der Waals surface area (Å²) in [5.41, 5.74) is 1.08. The first-order valence-corrected chi connectivity index (χ1v) is 7.39. The Morgan fingerprint density at radius 1 is 1.42 bits per heavy atom. The highest BCUT2D eigenvalue weighted by molar-refractivity contribution is 9.10. The highest BCUT2D eigenvalue weighted by atomic mass is 79.9. The first-order chi connectivity index (χ1) is 9.13. The van der Waals surface area contributed by atoms with Gasteiger partial charge in [0.15, 0.2) is 4.67 Å². The molecule has 2 rings (SSSR count). The van der Waals surface area contributed by atoms with Gasteiger partial charge in [0.1, 0.15) is 5.76 Å². The van der Waals surface area contributed by atoms with Crippen molar-refractivity contribution < 1.29 is 4.42 Å². The van der Waals surface area contributed by atoms with Gasteiger partial charge in [0.25, 0.3) is 0 Å². The van der Waals surface area contributed by atoms with Crippen molar-refractivity contribution in [3.05, 3.63) is 40.5 Å². The highest BCUT2D eigenvalue weighted by Crippen LogP contribution is 2.23. The van der Waals surface area contributed by atoms with Crippen molar-refractivity contribution in [1.82, 2.24) is 15.1 Å². The average Bonchev–Trinajstić information content (AvgIpc) is 3.04. The third kappa shape index (κ3) is 3.48. The first-order valence-electron chi connectivity index (χ1n) is 6.60. The number of furan rings is 1. The molecule has 19 heavy (non-hydrogen) atoms. The van der Waals surface area contributed by atoms with Crippen molar-refractivity contribution in [3.63, 3.8) is 0 Å². The SMILES string of the molecule is CCC(C)n1ccc(CC(NC)c2ccc(Br)o2)n1. The molecule has 0 radical (unpaired) electrons. The summed E-state index contributed by atoms with van der Waals surface area (Å²) in [6.45, 7) is 4.35. The van der Waals surface area contributed by atoms with Crippen LogP contribution in [0.1, 0.15) is 43.8 Å². The maximum Gasteiger partial charge on any atom is 0.169 e. The number of halogens is 1. The van der Waals surface area contributed by atoms with Gasteiger partial charge in [-0.05, 0) is 54.5 Å². The van der Waals surface area contributed by atoms with E-state index in [4.69, 9.17) is 4.42 Å². The van der Waals surface area contributed by atoms with Crippen LogP contribution in [-0.2, 0) is 6.42 Å². The smallest absolute Gasteiger partial charge is 0.169 e. The number of rotatable bonds is 6. The van der Waals surface area contributed by atoms with E-state index in [2.05, 4.69) is 46.3 Å². The minimum atomic E-state index is 0.145. The molecule has 2 aromatic rings. The fraction of sp³-hybridized carbons (Fsp3) is 0.500. The molecule has 0 aliphatic heterocycles. The molecule has 104 valence electrons. The highest BCUT2D eigenvalue weighted by Gasteiger charge is 2.16. The first kappa shape index (κ1) is 14.3. The second-order valence-corrected chi connectivity index (χ2v) is 5.51. The standard InChI is InChI=1S/C14H20BrN3O/c1-4-10(2)18-8-7-11(17-18)9-12(16-3)13-5-6-14(15)19-13/h5-8,10,12,16H,4,9H2,1-3H3. The number of nitrogens with one attached hydrogen (secondary N) is 1. The van der Waals surface area contributed by atoms with Crippen LogP contribution in [0, 0.1) is 0 Å². The molecule has 0 aromatic carbocycles. The lowest BCUT2D eigenvalue weighted by atomic mass is 10.1. The molecule has 1 N–H and O–H groups in total. The van der Waals surface area contributed by atoms with Crippen molar-refractivity contribution in [3.8, 4) is 0 Å². The molecule has 4 nitrogen and oxygen atoms in total. The normalized spacial score (nSPS) is 14.5. The van der Waals surface area contributed by atoms with Crippen LogP contribution in [0.2, 0.25) is 0 Å². The van der Waals surface area contributed by atoms with Crippen molar-refractivity contribution in [2.75, 3.05) is 7.05 Å². The van der Waals surface area contributed by atoms with Gasteiger partial charge in [0, 0.05) is 18.7 Å². The van der Waals surface area contributed by atoms with Gasteiger partial charge in [-0.3, -0.25) is 4.68 Å². The number of nitrogens with zero attached hydrogens (tertiary/aromatic N) is 2. The molecular weight excluding hydrogens is 306 g/mol. The van der Waals surface area contributed by atoms with E-state index in [-0.39, 0.29) is 6.04 Å². The van der Waals surface area contributed by atoms with Crippen molar-refractivity contribution in [2.24, 2.45) is 0 Å². The molecule has 0 saturated carbocycles. The quantitative estimate of drug-likeness (QED) is 0.880. The Labute approximate surface area is 122 Å². The summed E-state index contributed by atoms with van der Waals surface area (Å²) >= 11 is 3.33. The van der Waals surface area contributed by atoms with Gasteiger partial charge < -0.3 is 9.73 Å². The fourth-order valence-corrected chi connectivity index (χ4v) is 2.31. The maximum atomic E-state index is 5.60.